The zero-order valence-corrected chi connectivity index (χ0v) is 14.3. The Morgan fingerprint density at radius 2 is 1.52 bits per heavy atom. The Morgan fingerprint density at radius 1 is 1.00 bits per heavy atom. The molecule has 132 valence electrons. The van der Waals surface area contributed by atoms with Gasteiger partial charge in [0.25, 0.3) is 0 Å². The second kappa shape index (κ2) is 6.58. The highest BCUT2D eigenvalue weighted by Crippen LogP contribution is 2.54. The number of hydrogen-bond acceptors (Lipinski definition) is 1. The molecule has 2 aromatic carbocycles. The first kappa shape index (κ1) is 17.6. The van der Waals surface area contributed by atoms with Crippen molar-refractivity contribution in [2.45, 2.75) is 37.8 Å². The summed E-state index contributed by atoms with van der Waals surface area (Å²) in [7, 11) is 0. The van der Waals surface area contributed by atoms with Crippen molar-refractivity contribution in [3.8, 4) is 11.1 Å². The van der Waals surface area contributed by atoms with E-state index >= 15 is 0 Å². The van der Waals surface area contributed by atoms with Crippen molar-refractivity contribution in [2.24, 2.45) is 0 Å². The number of halogens is 3. The molecule has 0 spiro atoms. The van der Waals surface area contributed by atoms with Crippen molar-refractivity contribution in [2.75, 3.05) is 6.54 Å². The Labute approximate surface area is 146 Å². The average molecular weight is 345 g/mol. The Kier molecular flexibility index (Phi) is 4.63. The lowest BCUT2D eigenvalue weighted by atomic mass is 9.72. The van der Waals surface area contributed by atoms with Gasteiger partial charge < -0.3 is 5.32 Å². The number of allylic oxidation sites excluding steroid dienone is 1. The zero-order valence-electron chi connectivity index (χ0n) is 14.3. The molecule has 0 bridgehead atoms. The summed E-state index contributed by atoms with van der Waals surface area (Å²) in [4.78, 5) is 0. The first-order chi connectivity index (χ1) is 11.9. The molecular weight excluding hydrogens is 323 g/mol. The predicted molar refractivity (Wildman–Crippen MR) is 95.4 cm³/mol. The summed E-state index contributed by atoms with van der Waals surface area (Å²) < 4.78 is 38.3. The molecule has 4 heteroatoms. The second-order valence-corrected chi connectivity index (χ2v) is 6.55. The van der Waals surface area contributed by atoms with E-state index in [4.69, 9.17) is 0 Å². The fourth-order valence-electron chi connectivity index (χ4n) is 3.87. The molecule has 1 nitrogen and oxygen atoms in total. The molecule has 0 aliphatic heterocycles. The molecule has 0 saturated heterocycles. The molecule has 0 atom stereocenters. The molecular formula is C21H22F3N. The number of fused-ring (bicyclic) bond motifs is 3. The standard InChI is InChI=1S/C21H22F3N/c1-3-4-13-20(15(2)25-14-21(22,23)24)18-11-7-5-9-16(18)17-10-6-8-12-19(17)20/h5-12,25H,2-4,13-14H2,1H3. The fraction of sp³-hybridized carbons (Fsp3) is 0.333. The average Bonchev–Trinajstić information content (AvgIpc) is 2.89. The monoisotopic (exact) mass is 345 g/mol. The Bertz CT molecular complexity index is 731. The molecule has 3 rings (SSSR count). The molecule has 0 heterocycles. The van der Waals surface area contributed by atoms with Crippen LogP contribution in [0.2, 0.25) is 0 Å². The van der Waals surface area contributed by atoms with Crippen LogP contribution in [0.25, 0.3) is 11.1 Å². The van der Waals surface area contributed by atoms with Gasteiger partial charge >= 0.3 is 6.18 Å². The molecule has 0 saturated carbocycles. The lowest BCUT2D eigenvalue weighted by molar-refractivity contribution is -0.123. The lowest BCUT2D eigenvalue weighted by Gasteiger charge is -2.35. The van der Waals surface area contributed by atoms with E-state index in [0.29, 0.717) is 5.70 Å². The van der Waals surface area contributed by atoms with Gasteiger partial charge in [0.15, 0.2) is 0 Å². The van der Waals surface area contributed by atoms with Crippen LogP contribution in [0.3, 0.4) is 0 Å². The smallest absolute Gasteiger partial charge is 0.379 e. The highest BCUT2D eigenvalue weighted by Gasteiger charge is 2.45. The van der Waals surface area contributed by atoms with E-state index in [1.807, 2.05) is 48.5 Å². The van der Waals surface area contributed by atoms with Gasteiger partial charge in [0, 0.05) is 5.70 Å². The predicted octanol–water partition coefficient (Wildman–Crippen LogP) is 5.81. The van der Waals surface area contributed by atoms with E-state index in [9.17, 15) is 13.2 Å². The van der Waals surface area contributed by atoms with Gasteiger partial charge in [-0.3, -0.25) is 0 Å². The van der Waals surface area contributed by atoms with E-state index < -0.39 is 18.1 Å². The van der Waals surface area contributed by atoms with Crippen LogP contribution in [0.1, 0.15) is 37.3 Å². The number of benzene rings is 2. The third-order valence-corrected chi connectivity index (χ3v) is 4.99. The zero-order chi connectivity index (χ0) is 18.1. The summed E-state index contributed by atoms with van der Waals surface area (Å²) in [5.41, 5.74) is 4.08. The molecule has 25 heavy (non-hydrogen) atoms. The maximum absolute atomic E-state index is 12.8. The van der Waals surface area contributed by atoms with E-state index in [2.05, 4.69) is 18.8 Å². The summed E-state index contributed by atoms with van der Waals surface area (Å²) in [6, 6.07) is 16.0. The maximum Gasteiger partial charge on any atom is 0.405 e. The molecule has 2 aromatic rings. The minimum absolute atomic E-state index is 0.427. The second-order valence-electron chi connectivity index (χ2n) is 6.55. The summed E-state index contributed by atoms with van der Waals surface area (Å²) in [6.07, 6.45) is -1.65. The Morgan fingerprint density at radius 3 is 2.00 bits per heavy atom. The van der Waals surface area contributed by atoms with Crippen LogP contribution in [0.4, 0.5) is 13.2 Å². The first-order valence-electron chi connectivity index (χ1n) is 8.59. The van der Waals surface area contributed by atoms with Gasteiger partial charge in [-0.05, 0) is 28.7 Å². The summed E-state index contributed by atoms with van der Waals surface area (Å²) in [5, 5.41) is 2.58. The normalized spacial score (nSPS) is 14.7. The van der Waals surface area contributed by atoms with Gasteiger partial charge in [-0.1, -0.05) is 74.9 Å². The molecule has 1 N–H and O–H groups in total. The van der Waals surface area contributed by atoms with Crippen LogP contribution in [-0.2, 0) is 5.41 Å². The number of rotatable bonds is 6. The minimum atomic E-state index is -4.27. The van der Waals surface area contributed by atoms with Crippen molar-refractivity contribution in [1.29, 1.82) is 0 Å². The quantitative estimate of drug-likeness (QED) is 0.697. The lowest BCUT2D eigenvalue weighted by Crippen LogP contribution is -2.39. The van der Waals surface area contributed by atoms with Crippen LogP contribution >= 0.6 is 0 Å². The van der Waals surface area contributed by atoms with Crippen molar-refractivity contribution in [3.05, 3.63) is 71.9 Å². The molecule has 1 aliphatic rings. The number of hydrogen-bond donors (Lipinski definition) is 1. The fourth-order valence-corrected chi connectivity index (χ4v) is 3.87. The first-order valence-corrected chi connectivity index (χ1v) is 8.59. The molecule has 0 amide bonds. The largest absolute Gasteiger partial charge is 0.405 e. The Balaban J connectivity index is 2.13. The number of alkyl halides is 3. The molecule has 0 unspecified atom stereocenters. The highest BCUT2D eigenvalue weighted by atomic mass is 19.4. The van der Waals surface area contributed by atoms with Gasteiger partial charge in [-0.25, -0.2) is 0 Å². The molecule has 0 radical (unpaired) electrons. The van der Waals surface area contributed by atoms with E-state index in [1.165, 1.54) is 0 Å². The van der Waals surface area contributed by atoms with Gasteiger partial charge in [0.05, 0.1) is 5.41 Å². The topological polar surface area (TPSA) is 12.0 Å². The number of unbranched alkanes of at least 4 members (excludes halogenated alkanes) is 1. The van der Waals surface area contributed by atoms with Gasteiger partial charge in [0.2, 0.25) is 0 Å². The van der Waals surface area contributed by atoms with Crippen LogP contribution in [0.15, 0.2) is 60.8 Å². The SMILES string of the molecule is C=C(NCC(F)(F)F)C1(CCCC)c2ccccc2-c2ccccc21. The number of nitrogens with one attached hydrogen (secondary N) is 1. The third kappa shape index (κ3) is 3.06. The van der Waals surface area contributed by atoms with Gasteiger partial charge in [-0.2, -0.15) is 13.2 Å². The maximum atomic E-state index is 12.8. The van der Waals surface area contributed by atoms with Crippen LogP contribution in [0.5, 0.6) is 0 Å². The third-order valence-electron chi connectivity index (χ3n) is 4.99. The van der Waals surface area contributed by atoms with E-state index in [-0.39, 0.29) is 0 Å². The van der Waals surface area contributed by atoms with E-state index in [0.717, 1.165) is 41.5 Å². The van der Waals surface area contributed by atoms with Crippen LogP contribution in [-0.4, -0.2) is 12.7 Å². The Hall–Kier alpha value is -2.23. The van der Waals surface area contributed by atoms with Crippen molar-refractivity contribution >= 4 is 0 Å². The highest BCUT2D eigenvalue weighted by molar-refractivity contribution is 5.82. The molecule has 0 aromatic heterocycles. The minimum Gasteiger partial charge on any atom is -0.379 e. The molecule has 0 fully saturated rings. The van der Waals surface area contributed by atoms with Crippen molar-refractivity contribution in [3.63, 3.8) is 0 Å². The summed E-state index contributed by atoms with van der Waals surface area (Å²) >= 11 is 0. The summed E-state index contributed by atoms with van der Waals surface area (Å²) in [5.74, 6) is 0. The van der Waals surface area contributed by atoms with Crippen molar-refractivity contribution < 1.29 is 13.2 Å². The van der Waals surface area contributed by atoms with Gasteiger partial charge in [0.1, 0.15) is 6.54 Å². The van der Waals surface area contributed by atoms with Crippen LogP contribution < -0.4 is 5.32 Å². The van der Waals surface area contributed by atoms with Crippen LogP contribution in [0, 0.1) is 0 Å². The van der Waals surface area contributed by atoms with E-state index in [1.54, 1.807) is 0 Å². The van der Waals surface area contributed by atoms with Crippen molar-refractivity contribution in [1.82, 2.24) is 5.32 Å². The molecule has 1 aliphatic carbocycles. The van der Waals surface area contributed by atoms with Gasteiger partial charge in [-0.15, -0.1) is 0 Å². The summed E-state index contributed by atoms with van der Waals surface area (Å²) in [6.45, 7) is 5.08.